The van der Waals surface area contributed by atoms with Crippen molar-refractivity contribution in [1.82, 2.24) is 0 Å². The van der Waals surface area contributed by atoms with Crippen LogP contribution in [0.25, 0.3) is 0 Å². The van der Waals surface area contributed by atoms with Crippen LogP contribution in [0.3, 0.4) is 0 Å². The van der Waals surface area contributed by atoms with E-state index in [4.69, 9.17) is 17.3 Å². The van der Waals surface area contributed by atoms with Gasteiger partial charge in [-0.15, -0.1) is 0 Å². The summed E-state index contributed by atoms with van der Waals surface area (Å²) in [6, 6.07) is 6.14. The molecule has 1 aromatic rings. The first kappa shape index (κ1) is 11.4. The molecule has 0 atom stereocenters. The zero-order chi connectivity index (χ0) is 10.9. The molecule has 1 saturated carbocycles. The average Bonchev–Trinajstić information content (AvgIpc) is 2.65. The summed E-state index contributed by atoms with van der Waals surface area (Å²) in [7, 11) is 0. The highest BCUT2D eigenvalue weighted by Gasteiger charge is 2.34. The minimum atomic E-state index is 0.174. The van der Waals surface area contributed by atoms with Crippen LogP contribution >= 0.6 is 27.5 Å². The third-order valence-corrected chi connectivity index (χ3v) is 4.10. The molecule has 2 rings (SSSR count). The van der Waals surface area contributed by atoms with Crippen molar-refractivity contribution in [2.75, 3.05) is 6.54 Å². The van der Waals surface area contributed by atoms with Gasteiger partial charge in [0.05, 0.1) is 0 Å². The van der Waals surface area contributed by atoms with Crippen molar-refractivity contribution < 1.29 is 0 Å². The molecule has 0 aromatic heterocycles. The van der Waals surface area contributed by atoms with E-state index in [0.29, 0.717) is 0 Å². The largest absolute Gasteiger partial charge is 0.330 e. The molecule has 0 heterocycles. The first-order valence-electron chi connectivity index (χ1n) is 5.33. The topological polar surface area (TPSA) is 26.0 Å². The standard InChI is InChI=1S/C12H15BrClN/c13-10-5-9(6-11(14)7-10)12(8-15)3-1-2-4-12/h5-7H,1-4,8,15H2. The van der Waals surface area contributed by atoms with Gasteiger partial charge in [-0.25, -0.2) is 0 Å². The van der Waals surface area contributed by atoms with Crippen LogP contribution in [0, 0.1) is 0 Å². The number of hydrogen-bond acceptors (Lipinski definition) is 1. The molecule has 1 fully saturated rings. The van der Waals surface area contributed by atoms with Gasteiger partial charge < -0.3 is 5.73 Å². The molecule has 1 nitrogen and oxygen atoms in total. The molecule has 0 saturated heterocycles. The molecule has 0 spiro atoms. The summed E-state index contributed by atoms with van der Waals surface area (Å²) in [5, 5.41) is 0.791. The second kappa shape index (κ2) is 4.44. The first-order chi connectivity index (χ1) is 7.16. The van der Waals surface area contributed by atoms with Crippen molar-refractivity contribution in [3.8, 4) is 0 Å². The fourth-order valence-electron chi connectivity index (χ4n) is 2.52. The molecule has 2 N–H and O–H groups in total. The lowest BCUT2D eigenvalue weighted by atomic mass is 9.79. The number of benzene rings is 1. The van der Waals surface area contributed by atoms with Crippen LogP contribution in [-0.4, -0.2) is 6.54 Å². The normalized spacial score (nSPS) is 19.4. The van der Waals surface area contributed by atoms with Crippen molar-refractivity contribution in [2.24, 2.45) is 5.73 Å². The van der Waals surface area contributed by atoms with Gasteiger partial charge in [0.1, 0.15) is 0 Å². The van der Waals surface area contributed by atoms with Crippen LogP contribution in [0.4, 0.5) is 0 Å². The van der Waals surface area contributed by atoms with E-state index in [1.165, 1.54) is 31.2 Å². The summed E-state index contributed by atoms with van der Waals surface area (Å²) in [5.74, 6) is 0. The highest BCUT2D eigenvalue weighted by molar-refractivity contribution is 9.10. The van der Waals surface area contributed by atoms with Gasteiger partial charge in [0.15, 0.2) is 0 Å². The predicted molar refractivity (Wildman–Crippen MR) is 68.4 cm³/mol. The van der Waals surface area contributed by atoms with Gasteiger partial charge in [-0.2, -0.15) is 0 Å². The Balaban J connectivity index is 2.42. The third-order valence-electron chi connectivity index (χ3n) is 3.43. The Kier molecular flexibility index (Phi) is 3.39. The monoisotopic (exact) mass is 287 g/mol. The lowest BCUT2D eigenvalue weighted by Crippen LogP contribution is -2.31. The fourth-order valence-corrected chi connectivity index (χ4v) is 3.38. The molecule has 1 aliphatic carbocycles. The van der Waals surface area contributed by atoms with E-state index in [1.807, 2.05) is 6.07 Å². The Bertz CT molecular complexity index is 338. The SMILES string of the molecule is NCC1(c2cc(Cl)cc(Br)c2)CCCC1. The highest BCUT2D eigenvalue weighted by Crippen LogP contribution is 2.41. The van der Waals surface area contributed by atoms with Crippen molar-refractivity contribution in [1.29, 1.82) is 0 Å². The molecule has 0 amide bonds. The van der Waals surface area contributed by atoms with Crippen LogP contribution in [0.2, 0.25) is 5.02 Å². The van der Waals surface area contributed by atoms with Crippen LogP contribution in [-0.2, 0) is 5.41 Å². The quantitative estimate of drug-likeness (QED) is 0.878. The second-order valence-corrected chi connectivity index (χ2v) is 5.70. The third kappa shape index (κ3) is 2.22. The zero-order valence-corrected chi connectivity index (χ0v) is 10.9. The minimum Gasteiger partial charge on any atom is -0.330 e. The zero-order valence-electron chi connectivity index (χ0n) is 8.60. The molecule has 0 aliphatic heterocycles. The summed E-state index contributed by atoms with van der Waals surface area (Å²) < 4.78 is 1.05. The molecular weight excluding hydrogens is 273 g/mol. The maximum absolute atomic E-state index is 6.08. The molecule has 15 heavy (non-hydrogen) atoms. The van der Waals surface area contributed by atoms with E-state index in [2.05, 4.69) is 28.1 Å². The van der Waals surface area contributed by atoms with Gasteiger partial charge in [0.2, 0.25) is 0 Å². The molecule has 0 radical (unpaired) electrons. The van der Waals surface area contributed by atoms with Crippen LogP contribution in [0.5, 0.6) is 0 Å². The fraction of sp³-hybridized carbons (Fsp3) is 0.500. The lowest BCUT2D eigenvalue weighted by Gasteiger charge is -2.28. The summed E-state index contributed by atoms with van der Waals surface area (Å²) in [4.78, 5) is 0. The van der Waals surface area contributed by atoms with Gasteiger partial charge in [-0.3, -0.25) is 0 Å². The van der Waals surface area contributed by atoms with Crippen molar-refractivity contribution in [3.63, 3.8) is 0 Å². The Labute approximate surface area is 104 Å². The van der Waals surface area contributed by atoms with Gasteiger partial charge in [-0.05, 0) is 36.6 Å². The number of halogens is 2. The Morgan fingerprint density at radius 2 is 1.93 bits per heavy atom. The van der Waals surface area contributed by atoms with Crippen molar-refractivity contribution >= 4 is 27.5 Å². The number of rotatable bonds is 2. The van der Waals surface area contributed by atoms with E-state index in [0.717, 1.165) is 16.0 Å². The van der Waals surface area contributed by atoms with E-state index in [-0.39, 0.29) is 5.41 Å². The summed E-state index contributed by atoms with van der Waals surface area (Å²) in [6.07, 6.45) is 4.94. The Morgan fingerprint density at radius 1 is 1.27 bits per heavy atom. The van der Waals surface area contributed by atoms with Crippen LogP contribution in [0.15, 0.2) is 22.7 Å². The van der Waals surface area contributed by atoms with Gasteiger partial charge in [-0.1, -0.05) is 40.4 Å². The Hall–Kier alpha value is -0.0500. The molecule has 1 aromatic carbocycles. The summed E-state index contributed by atoms with van der Waals surface area (Å²) in [6.45, 7) is 0.722. The first-order valence-corrected chi connectivity index (χ1v) is 6.50. The van der Waals surface area contributed by atoms with Gasteiger partial charge in [0.25, 0.3) is 0 Å². The Morgan fingerprint density at radius 3 is 2.47 bits per heavy atom. The molecular formula is C12H15BrClN. The lowest BCUT2D eigenvalue weighted by molar-refractivity contribution is 0.453. The van der Waals surface area contributed by atoms with E-state index in [9.17, 15) is 0 Å². The predicted octanol–water partition coefficient (Wildman–Crippen LogP) is 3.87. The van der Waals surface area contributed by atoms with E-state index >= 15 is 0 Å². The molecule has 0 bridgehead atoms. The number of nitrogens with two attached hydrogens (primary N) is 1. The molecule has 3 heteroatoms. The van der Waals surface area contributed by atoms with Crippen LogP contribution in [0.1, 0.15) is 31.2 Å². The van der Waals surface area contributed by atoms with Gasteiger partial charge in [0, 0.05) is 21.5 Å². The number of hydrogen-bond donors (Lipinski definition) is 1. The molecule has 82 valence electrons. The summed E-state index contributed by atoms with van der Waals surface area (Å²) >= 11 is 9.56. The smallest absolute Gasteiger partial charge is 0.0420 e. The van der Waals surface area contributed by atoms with E-state index < -0.39 is 0 Å². The maximum atomic E-state index is 6.08. The minimum absolute atomic E-state index is 0.174. The molecule has 0 unspecified atom stereocenters. The second-order valence-electron chi connectivity index (χ2n) is 4.35. The van der Waals surface area contributed by atoms with Crippen molar-refractivity contribution in [3.05, 3.63) is 33.3 Å². The average molecular weight is 289 g/mol. The molecule has 1 aliphatic rings. The summed E-state index contributed by atoms with van der Waals surface area (Å²) in [5.41, 5.74) is 7.41. The van der Waals surface area contributed by atoms with E-state index in [1.54, 1.807) is 0 Å². The highest BCUT2D eigenvalue weighted by atomic mass is 79.9. The van der Waals surface area contributed by atoms with Gasteiger partial charge >= 0.3 is 0 Å². The van der Waals surface area contributed by atoms with Crippen LogP contribution < -0.4 is 5.73 Å². The maximum Gasteiger partial charge on any atom is 0.0420 e. The van der Waals surface area contributed by atoms with Crippen molar-refractivity contribution in [2.45, 2.75) is 31.1 Å².